The zero-order chi connectivity index (χ0) is 23.8. The average molecular weight is 474 g/mol. The number of rotatable bonds is 7. The molecule has 172 valence electrons. The summed E-state index contributed by atoms with van der Waals surface area (Å²) in [6.07, 6.45) is 0. The molecule has 0 saturated heterocycles. The minimum Gasteiger partial charge on any atom is -0.497 e. The number of benzene rings is 3. The Bertz CT molecular complexity index is 1470. The molecule has 33 heavy (non-hydrogen) atoms. The van der Waals surface area contributed by atoms with Gasteiger partial charge in [-0.25, -0.2) is 13.5 Å². The molecule has 4 rings (SSSR count). The highest BCUT2D eigenvalue weighted by Crippen LogP contribution is 2.24. The quantitative estimate of drug-likeness (QED) is 0.408. The molecule has 0 radical (unpaired) electrons. The second-order valence-corrected chi connectivity index (χ2v) is 9.04. The third-order valence-electron chi connectivity index (χ3n) is 5.11. The van der Waals surface area contributed by atoms with E-state index in [9.17, 15) is 22.0 Å². The Hall–Kier alpha value is -3.66. The summed E-state index contributed by atoms with van der Waals surface area (Å²) >= 11 is 0. The fraction of sp³-hybridized carbons (Fsp3) is 0.174. The number of hydrogen-bond donors (Lipinski definition) is 0. The van der Waals surface area contributed by atoms with Crippen LogP contribution >= 0.6 is 0 Å². The molecule has 0 saturated carbocycles. The second-order valence-electron chi connectivity index (χ2n) is 7.27. The van der Waals surface area contributed by atoms with Gasteiger partial charge in [0.1, 0.15) is 12.4 Å². The standard InChI is InChI=1S/C23H20F2N2O5S/c1-15-6-9-17(10-7-15)33(29,30)27-21-11-8-16(31-2)14-18(21)23(28)26(27)12-13-32-22-19(24)4-3-5-20(22)25/h3-11,14H,12-13H2,1-2H3. The minimum absolute atomic E-state index is 0.0179. The maximum absolute atomic E-state index is 13.9. The molecule has 10 heteroatoms. The average Bonchev–Trinajstić information content (AvgIpc) is 3.07. The predicted molar refractivity (Wildman–Crippen MR) is 118 cm³/mol. The molecule has 1 aromatic heterocycles. The van der Waals surface area contributed by atoms with E-state index in [1.807, 2.05) is 6.92 Å². The van der Waals surface area contributed by atoms with Crippen molar-refractivity contribution in [3.05, 3.63) is 88.2 Å². The van der Waals surface area contributed by atoms with Gasteiger partial charge in [0.05, 0.1) is 29.5 Å². The number of nitrogens with zero attached hydrogens (tertiary/aromatic N) is 2. The van der Waals surface area contributed by atoms with Crippen LogP contribution in [0.3, 0.4) is 0 Å². The van der Waals surface area contributed by atoms with Gasteiger partial charge in [-0.15, -0.1) is 0 Å². The van der Waals surface area contributed by atoms with Crippen LogP contribution in [0.25, 0.3) is 10.9 Å². The minimum atomic E-state index is -4.19. The SMILES string of the molecule is COc1ccc2c(c1)c(=O)n(CCOc1c(F)cccc1F)n2S(=O)(=O)c1ccc(C)cc1. The lowest BCUT2D eigenvalue weighted by Crippen LogP contribution is -2.30. The normalized spacial score (nSPS) is 11.6. The number of hydrogen-bond acceptors (Lipinski definition) is 5. The molecule has 0 bridgehead atoms. The van der Waals surface area contributed by atoms with Crippen LogP contribution in [0.1, 0.15) is 5.56 Å². The molecule has 0 N–H and O–H groups in total. The third-order valence-corrected chi connectivity index (χ3v) is 6.83. The molecular weight excluding hydrogens is 454 g/mol. The van der Waals surface area contributed by atoms with Crippen LogP contribution < -0.4 is 15.0 Å². The van der Waals surface area contributed by atoms with Crippen LogP contribution in [0, 0.1) is 18.6 Å². The molecule has 4 aromatic rings. The van der Waals surface area contributed by atoms with E-state index in [2.05, 4.69) is 0 Å². The van der Waals surface area contributed by atoms with E-state index in [4.69, 9.17) is 9.47 Å². The highest BCUT2D eigenvalue weighted by Gasteiger charge is 2.26. The first kappa shape index (κ1) is 22.5. The summed E-state index contributed by atoms with van der Waals surface area (Å²) < 4.78 is 67.0. The molecule has 0 aliphatic rings. The van der Waals surface area contributed by atoms with Crippen molar-refractivity contribution in [3.63, 3.8) is 0 Å². The van der Waals surface area contributed by atoms with Crippen LogP contribution in [0.2, 0.25) is 0 Å². The molecular formula is C23H20F2N2O5S. The van der Waals surface area contributed by atoms with Gasteiger partial charge in [0.15, 0.2) is 17.4 Å². The largest absolute Gasteiger partial charge is 0.497 e. The second kappa shape index (κ2) is 8.70. The monoisotopic (exact) mass is 474 g/mol. The molecule has 3 aromatic carbocycles. The van der Waals surface area contributed by atoms with E-state index in [-0.39, 0.29) is 29.0 Å². The summed E-state index contributed by atoms with van der Waals surface area (Å²) in [6, 6.07) is 13.9. The topological polar surface area (TPSA) is 79.5 Å². The van der Waals surface area contributed by atoms with Crippen LogP contribution in [-0.4, -0.2) is 30.9 Å². The number of methoxy groups -OCH3 is 1. The van der Waals surface area contributed by atoms with Crippen LogP contribution in [0.5, 0.6) is 11.5 Å². The van der Waals surface area contributed by atoms with Gasteiger partial charge >= 0.3 is 0 Å². The Morgan fingerprint density at radius 1 is 0.970 bits per heavy atom. The van der Waals surface area contributed by atoms with Gasteiger partial charge in [0.25, 0.3) is 15.6 Å². The van der Waals surface area contributed by atoms with E-state index >= 15 is 0 Å². The van der Waals surface area contributed by atoms with Crippen molar-refractivity contribution in [3.8, 4) is 11.5 Å². The van der Waals surface area contributed by atoms with Gasteiger partial charge < -0.3 is 9.47 Å². The number of aromatic nitrogens is 2. The highest BCUT2D eigenvalue weighted by molar-refractivity contribution is 7.90. The summed E-state index contributed by atoms with van der Waals surface area (Å²) in [5.74, 6) is -2.03. The van der Waals surface area contributed by atoms with Crippen LogP contribution in [0.4, 0.5) is 8.78 Å². The van der Waals surface area contributed by atoms with E-state index in [0.717, 1.165) is 26.5 Å². The van der Waals surface area contributed by atoms with E-state index in [1.54, 1.807) is 18.2 Å². The number of halogens is 2. The molecule has 7 nitrogen and oxygen atoms in total. The predicted octanol–water partition coefficient (Wildman–Crippen LogP) is 3.71. The maximum Gasteiger partial charge on any atom is 0.282 e. The molecule has 0 fully saturated rings. The Balaban J connectivity index is 1.82. The zero-order valence-electron chi connectivity index (χ0n) is 17.8. The number of aryl methyl sites for hydroxylation is 1. The lowest BCUT2D eigenvalue weighted by atomic mass is 10.2. The smallest absolute Gasteiger partial charge is 0.282 e. The summed E-state index contributed by atoms with van der Waals surface area (Å²) in [7, 11) is -2.76. The first-order valence-corrected chi connectivity index (χ1v) is 11.4. The van der Waals surface area contributed by atoms with Gasteiger partial charge in [-0.1, -0.05) is 23.8 Å². The van der Waals surface area contributed by atoms with Gasteiger partial charge in [-0.05, 0) is 49.4 Å². The molecule has 0 amide bonds. The van der Waals surface area contributed by atoms with E-state index in [0.29, 0.717) is 5.75 Å². The summed E-state index contributed by atoms with van der Waals surface area (Å²) in [5, 5.41) is 0.113. The molecule has 0 aliphatic carbocycles. The fourth-order valence-electron chi connectivity index (χ4n) is 3.45. The van der Waals surface area contributed by atoms with Gasteiger partial charge in [-0.3, -0.25) is 4.79 Å². The van der Waals surface area contributed by atoms with Gasteiger partial charge in [0.2, 0.25) is 0 Å². The fourth-order valence-corrected chi connectivity index (χ4v) is 4.96. The van der Waals surface area contributed by atoms with Crippen molar-refractivity contribution < 1.29 is 26.7 Å². The van der Waals surface area contributed by atoms with Crippen molar-refractivity contribution in [1.82, 2.24) is 8.77 Å². The Labute approximate surface area is 188 Å². The molecule has 1 heterocycles. The Kier molecular flexibility index (Phi) is 5.94. The first-order valence-electron chi connectivity index (χ1n) is 9.92. The van der Waals surface area contributed by atoms with E-state index < -0.39 is 33.0 Å². The maximum atomic E-state index is 13.9. The van der Waals surface area contributed by atoms with Gasteiger partial charge in [-0.2, -0.15) is 12.5 Å². The van der Waals surface area contributed by atoms with Crippen molar-refractivity contribution in [2.45, 2.75) is 18.4 Å². The van der Waals surface area contributed by atoms with Gasteiger partial charge in [0, 0.05) is 0 Å². The molecule has 0 aliphatic heterocycles. The van der Waals surface area contributed by atoms with E-state index in [1.165, 1.54) is 37.4 Å². The highest BCUT2D eigenvalue weighted by atomic mass is 32.2. The lowest BCUT2D eigenvalue weighted by Gasteiger charge is -2.14. The Morgan fingerprint density at radius 2 is 1.64 bits per heavy atom. The van der Waals surface area contributed by atoms with Crippen molar-refractivity contribution in [2.75, 3.05) is 13.7 Å². The molecule has 0 unspecified atom stereocenters. The van der Waals surface area contributed by atoms with Crippen LogP contribution in [0.15, 0.2) is 70.4 Å². The third kappa shape index (κ3) is 4.09. The number of para-hydroxylation sites is 1. The van der Waals surface area contributed by atoms with Crippen LogP contribution in [-0.2, 0) is 16.6 Å². The van der Waals surface area contributed by atoms with Crippen molar-refractivity contribution >= 4 is 20.9 Å². The number of ether oxygens (including phenoxy) is 2. The molecule has 0 spiro atoms. The van der Waals surface area contributed by atoms with Crippen molar-refractivity contribution in [1.29, 1.82) is 0 Å². The lowest BCUT2D eigenvalue weighted by molar-refractivity contribution is 0.261. The zero-order valence-corrected chi connectivity index (χ0v) is 18.6. The summed E-state index contributed by atoms with van der Waals surface area (Å²) in [6.45, 7) is 1.19. The first-order chi connectivity index (χ1) is 15.7. The summed E-state index contributed by atoms with van der Waals surface area (Å²) in [5.41, 5.74) is 0.393. The number of fused-ring (bicyclic) bond motifs is 1. The van der Waals surface area contributed by atoms with Crippen molar-refractivity contribution in [2.24, 2.45) is 0 Å². The molecule has 0 atom stereocenters. The summed E-state index contributed by atoms with van der Waals surface area (Å²) in [4.78, 5) is 13.1. The Morgan fingerprint density at radius 3 is 2.27 bits per heavy atom.